The minimum Gasteiger partial charge on any atom is -0.462 e. The van der Waals surface area contributed by atoms with E-state index in [-0.39, 0.29) is 22.9 Å². The Bertz CT molecular complexity index is 555. The normalized spacial score (nSPS) is 50.6. The van der Waals surface area contributed by atoms with Gasteiger partial charge in [-0.05, 0) is 75.0 Å². The Kier molecular flexibility index (Phi) is 3.85. The van der Waals surface area contributed by atoms with Gasteiger partial charge in [0.05, 0.1) is 0 Å². The number of carbonyl (C=O) groups excluding carboxylic acids is 2. The third-order valence-corrected chi connectivity index (χ3v) is 8.68. The molecule has 24 heavy (non-hydrogen) atoms. The van der Waals surface area contributed by atoms with E-state index in [0.29, 0.717) is 29.5 Å². The molecule has 134 valence electrons. The summed E-state index contributed by atoms with van der Waals surface area (Å²) in [4.78, 5) is 24.4. The van der Waals surface area contributed by atoms with Crippen LogP contribution in [0.2, 0.25) is 0 Å². The SMILES string of the molecule is CC(=O)O[C@@H]1CC[C@H]2[C@@H]3CC[C@H]4CCCC(=O)[C@]4(C)[C@H]3CC[C@]12C. The number of hydrogen-bond acceptors (Lipinski definition) is 3. The summed E-state index contributed by atoms with van der Waals surface area (Å²) in [5, 5.41) is 0. The van der Waals surface area contributed by atoms with Crippen molar-refractivity contribution in [3.63, 3.8) is 0 Å². The first-order valence-electron chi connectivity index (χ1n) is 10.1. The fourth-order valence-corrected chi connectivity index (χ4v) is 7.43. The lowest BCUT2D eigenvalue weighted by Gasteiger charge is -2.59. The van der Waals surface area contributed by atoms with Gasteiger partial charge in [-0.25, -0.2) is 0 Å². The van der Waals surface area contributed by atoms with Crippen molar-refractivity contribution in [1.29, 1.82) is 0 Å². The lowest BCUT2D eigenvalue weighted by Crippen LogP contribution is -2.56. The van der Waals surface area contributed by atoms with Gasteiger partial charge in [-0.2, -0.15) is 0 Å². The van der Waals surface area contributed by atoms with Gasteiger partial charge in [0.25, 0.3) is 0 Å². The average Bonchev–Trinajstić information content (AvgIpc) is 2.85. The largest absolute Gasteiger partial charge is 0.462 e. The monoisotopic (exact) mass is 332 g/mol. The van der Waals surface area contributed by atoms with Crippen LogP contribution >= 0.6 is 0 Å². The van der Waals surface area contributed by atoms with E-state index in [1.165, 1.54) is 32.6 Å². The van der Waals surface area contributed by atoms with Crippen LogP contribution in [0.25, 0.3) is 0 Å². The average molecular weight is 332 g/mol. The van der Waals surface area contributed by atoms with Crippen LogP contribution in [0.5, 0.6) is 0 Å². The Labute approximate surface area is 145 Å². The van der Waals surface area contributed by atoms with E-state index in [1.807, 2.05) is 0 Å². The Hall–Kier alpha value is -0.860. The van der Waals surface area contributed by atoms with Crippen molar-refractivity contribution in [2.24, 2.45) is 34.5 Å². The number of rotatable bonds is 1. The molecule has 0 amide bonds. The molecular weight excluding hydrogens is 300 g/mol. The van der Waals surface area contributed by atoms with Gasteiger partial charge in [-0.3, -0.25) is 9.59 Å². The molecule has 4 aliphatic rings. The second-order valence-corrected chi connectivity index (χ2v) is 9.47. The van der Waals surface area contributed by atoms with E-state index in [0.717, 1.165) is 32.1 Å². The molecule has 0 radical (unpaired) electrons. The first-order chi connectivity index (χ1) is 11.4. The Morgan fingerprint density at radius 2 is 1.83 bits per heavy atom. The highest BCUT2D eigenvalue weighted by Gasteiger charge is 2.62. The third-order valence-electron chi connectivity index (χ3n) is 8.68. The fraction of sp³-hybridized carbons (Fsp3) is 0.905. The molecule has 4 aliphatic carbocycles. The van der Waals surface area contributed by atoms with Crippen LogP contribution in [0.3, 0.4) is 0 Å². The number of esters is 1. The molecular formula is C21H32O3. The molecule has 0 spiro atoms. The van der Waals surface area contributed by atoms with Gasteiger partial charge in [-0.1, -0.05) is 13.8 Å². The smallest absolute Gasteiger partial charge is 0.302 e. The molecule has 0 aliphatic heterocycles. The molecule has 3 heteroatoms. The van der Waals surface area contributed by atoms with Crippen molar-refractivity contribution in [2.75, 3.05) is 0 Å². The minimum absolute atomic E-state index is 0.0674. The quantitative estimate of drug-likeness (QED) is 0.663. The highest BCUT2D eigenvalue weighted by molar-refractivity contribution is 5.86. The molecule has 0 aromatic heterocycles. The second kappa shape index (κ2) is 5.57. The van der Waals surface area contributed by atoms with Gasteiger partial charge in [-0.15, -0.1) is 0 Å². The summed E-state index contributed by atoms with van der Waals surface area (Å²) in [6.45, 7) is 6.19. The fourth-order valence-electron chi connectivity index (χ4n) is 7.43. The number of ketones is 1. The molecule has 4 fully saturated rings. The van der Waals surface area contributed by atoms with Gasteiger partial charge in [0.15, 0.2) is 0 Å². The van der Waals surface area contributed by atoms with Crippen molar-refractivity contribution in [3.8, 4) is 0 Å². The van der Waals surface area contributed by atoms with Crippen molar-refractivity contribution in [3.05, 3.63) is 0 Å². The molecule has 0 unspecified atom stereocenters. The zero-order valence-corrected chi connectivity index (χ0v) is 15.5. The van der Waals surface area contributed by atoms with Crippen LogP contribution in [0.1, 0.15) is 78.6 Å². The van der Waals surface area contributed by atoms with Gasteiger partial charge in [0, 0.05) is 24.2 Å². The Balaban J connectivity index is 1.62. The van der Waals surface area contributed by atoms with Crippen molar-refractivity contribution in [1.82, 2.24) is 0 Å². The number of Topliss-reactive ketones (excluding diaryl/α,β-unsaturated/α-hetero) is 1. The molecule has 3 nitrogen and oxygen atoms in total. The van der Waals surface area contributed by atoms with E-state index < -0.39 is 0 Å². The van der Waals surface area contributed by atoms with Crippen LogP contribution in [-0.4, -0.2) is 17.9 Å². The maximum atomic E-state index is 12.9. The maximum absolute atomic E-state index is 12.9. The van der Waals surface area contributed by atoms with E-state index in [2.05, 4.69) is 13.8 Å². The summed E-state index contributed by atoms with van der Waals surface area (Å²) < 4.78 is 5.71. The summed E-state index contributed by atoms with van der Waals surface area (Å²) in [5.41, 5.74) is 0.0652. The van der Waals surface area contributed by atoms with Gasteiger partial charge >= 0.3 is 5.97 Å². The standard InChI is InChI=1S/C21H32O3/c1-13(22)24-19-10-9-16-15-8-7-14-5-4-6-18(23)21(14,3)17(15)11-12-20(16,19)2/h14-17,19H,4-12H2,1-3H3/t14-,15+,16+,17+,19-,20+,21+/m1/s1. The molecule has 4 saturated carbocycles. The lowest BCUT2D eigenvalue weighted by molar-refractivity contribution is -0.165. The number of ether oxygens (including phenoxy) is 1. The predicted molar refractivity (Wildman–Crippen MR) is 92.3 cm³/mol. The molecule has 0 saturated heterocycles. The molecule has 0 bridgehead atoms. The topological polar surface area (TPSA) is 43.4 Å². The van der Waals surface area contributed by atoms with Crippen molar-refractivity contribution in [2.45, 2.75) is 84.7 Å². The maximum Gasteiger partial charge on any atom is 0.302 e. The van der Waals surface area contributed by atoms with Crippen LogP contribution in [-0.2, 0) is 14.3 Å². The number of fused-ring (bicyclic) bond motifs is 5. The Morgan fingerprint density at radius 1 is 1.04 bits per heavy atom. The third kappa shape index (κ3) is 2.15. The van der Waals surface area contributed by atoms with E-state index in [9.17, 15) is 9.59 Å². The van der Waals surface area contributed by atoms with E-state index in [1.54, 1.807) is 0 Å². The highest BCUT2D eigenvalue weighted by atomic mass is 16.5. The first kappa shape index (κ1) is 16.6. The molecule has 7 atom stereocenters. The summed E-state index contributed by atoms with van der Waals surface area (Å²) >= 11 is 0. The number of carbonyl (C=O) groups is 2. The van der Waals surface area contributed by atoms with Crippen LogP contribution < -0.4 is 0 Å². The summed E-state index contributed by atoms with van der Waals surface area (Å²) in [5.74, 6) is 2.89. The zero-order chi connectivity index (χ0) is 17.1. The predicted octanol–water partition coefficient (Wildman–Crippen LogP) is 4.53. The van der Waals surface area contributed by atoms with Crippen molar-refractivity contribution >= 4 is 11.8 Å². The highest BCUT2D eigenvalue weighted by Crippen LogP contribution is 2.65. The van der Waals surface area contributed by atoms with Crippen LogP contribution in [0, 0.1) is 34.5 Å². The minimum atomic E-state index is -0.137. The van der Waals surface area contributed by atoms with Crippen LogP contribution in [0.15, 0.2) is 0 Å². The van der Waals surface area contributed by atoms with Crippen LogP contribution in [0.4, 0.5) is 0 Å². The van der Waals surface area contributed by atoms with Gasteiger partial charge in [0.2, 0.25) is 0 Å². The van der Waals surface area contributed by atoms with Crippen molar-refractivity contribution < 1.29 is 14.3 Å². The number of hydrogen-bond donors (Lipinski definition) is 0. The summed E-state index contributed by atoms with van der Waals surface area (Å²) in [6.07, 6.45) is 10.2. The second-order valence-electron chi connectivity index (χ2n) is 9.47. The first-order valence-corrected chi connectivity index (χ1v) is 10.1. The van der Waals surface area contributed by atoms with E-state index in [4.69, 9.17) is 4.74 Å². The zero-order valence-electron chi connectivity index (χ0n) is 15.5. The van der Waals surface area contributed by atoms with Gasteiger partial charge < -0.3 is 4.74 Å². The van der Waals surface area contributed by atoms with E-state index >= 15 is 0 Å². The molecule has 0 aromatic carbocycles. The van der Waals surface area contributed by atoms with Gasteiger partial charge in [0.1, 0.15) is 11.9 Å². The molecule has 4 rings (SSSR count). The molecule has 0 heterocycles. The summed E-state index contributed by atoms with van der Waals surface area (Å²) in [7, 11) is 0. The summed E-state index contributed by atoms with van der Waals surface area (Å²) in [6, 6.07) is 0. The molecule has 0 N–H and O–H groups in total. The Morgan fingerprint density at radius 3 is 2.58 bits per heavy atom. The molecule has 0 aromatic rings. The lowest BCUT2D eigenvalue weighted by atomic mass is 9.45.